The molecule has 2 aromatic rings. The summed E-state index contributed by atoms with van der Waals surface area (Å²) >= 11 is 3.42. The van der Waals surface area contributed by atoms with Crippen molar-refractivity contribution in [3.63, 3.8) is 0 Å². The lowest BCUT2D eigenvalue weighted by atomic mass is 9.75. The molecule has 2 aromatic carbocycles. The predicted octanol–water partition coefficient (Wildman–Crippen LogP) is 7.67. The van der Waals surface area contributed by atoms with E-state index in [-0.39, 0.29) is 5.56 Å². The van der Waals surface area contributed by atoms with Crippen LogP contribution in [0.1, 0.15) is 60.8 Å². The Balaban J connectivity index is 0.000000212. The van der Waals surface area contributed by atoms with E-state index in [4.69, 9.17) is 9.47 Å². The molecular weight excluding hydrogens is 581 g/mol. The molecule has 2 N–H and O–H groups in total. The van der Waals surface area contributed by atoms with Crippen LogP contribution in [0.5, 0.6) is 11.5 Å². The van der Waals surface area contributed by atoms with Gasteiger partial charge in [-0.1, -0.05) is 15.9 Å². The number of hydrogen-bond acceptors (Lipinski definition) is 4. The largest absolute Gasteiger partial charge is 0.496 e. The van der Waals surface area contributed by atoms with Crippen molar-refractivity contribution in [1.82, 2.24) is 0 Å². The van der Waals surface area contributed by atoms with Crippen molar-refractivity contribution in [1.29, 1.82) is 0 Å². The van der Waals surface area contributed by atoms with E-state index in [0.717, 1.165) is 47.5 Å². The van der Waals surface area contributed by atoms with Gasteiger partial charge in [0.15, 0.2) is 0 Å². The molecule has 4 rings (SSSR count). The topological polar surface area (TPSA) is 58.9 Å². The zero-order valence-electron chi connectivity index (χ0n) is 20.6. The van der Waals surface area contributed by atoms with Crippen LogP contribution in [0.2, 0.25) is 0 Å². The zero-order chi connectivity index (χ0) is 28.3. The first-order valence-corrected chi connectivity index (χ1v) is 12.5. The van der Waals surface area contributed by atoms with Gasteiger partial charge >= 0.3 is 19.5 Å². The Labute approximate surface area is 225 Å². The lowest BCUT2D eigenvalue weighted by Gasteiger charge is -2.15. The van der Waals surface area contributed by atoms with E-state index in [1.807, 2.05) is 0 Å². The van der Waals surface area contributed by atoms with Crippen molar-refractivity contribution in [3.8, 4) is 11.5 Å². The summed E-state index contributed by atoms with van der Waals surface area (Å²) in [5, 5.41) is 18.6. The number of rotatable bonds is 5. The Morgan fingerprint density at radius 3 is 1.55 bits per heavy atom. The minimum atomic E-state index is -4.45. The molecule has 0 saturated carbocycles. The standard InChI is InChI=1S/C13H14BF3O3.C13H12BrF3O/c1-20-12-6-5-8(13(15,16)17)7-10(12)9-3-2-4-11(9)14(18)19;1-18-12-6-5-8(13(15,16)17)7-10(12)9-3-2-4-11(9)14/h5-7,18-19H,2-4H2,1H3;5-7H,2-4H2,1H3. The molecule has 0 heterocycles. The Morgan fingerprint density at radius 2 is 1.16 bits per heavy atom. The monoisotopic (exact) mass is 606 g/mol. The Hall–Kier alpha value is -2.44. The van der Waals surface area contributed by atoms with Crippen LogP contribution in [0.25, 0.3) is 11.1 Å². The molecule has 0 atom stereocenters. The highest BCUT2D eigenvalue weighted by Crippen LogP contribution is 2.43. The van der Waals surface area contributed by atoms with Crippen molar-refractivity contribution in [2.75, 3.05) is 14.2 Å². The summed E-state index contributed by atoms with van der Waals surface area (Å²) in [5.74, 6) is 0.782. The summed E-state index contributed by atoms with van der Waals surface area (Å²) in [6.45, 7) is 0. The Morgan fingerprint density at radius 1 is 0.711 bits per heavy atom. The first-order valence-electron chi connectivity index (χ1n) is 11.7. The van der Waals surface area contributed by atoms with Crippen molar-refractivity contribution in [2.24, 2.45) is 0 Å². The maximum absolute atomic E-state index is 12.8. The molecule has 0 bridgehead atoms. The lowest BCUT2D eigenvalue weighted by Crippen LogP contribution is -2.15. The summed E-state index contributed by atoms with van der Waals surface area (Å²) in [7, 11) is 1.19. The number of allylic oxidation sites excluding steroid dienone is 4. The third-order valence-electron chi connectivity index (χ3n) is 6.43. The second-order valence-corrected chi connectivity index (χ2v) is 9.75. The van der Waals surface area contributed by atoms with Crippen molar-refractivity contribution in [3.05, 3.63) is 68.6 Å². The summed E-state index contributed by atoms with van der Waals surface area (Å²) in [6, 6.07) is 6.80. The maximum Gasteiger partial charge on any atom is 0.484 e. The molecular formula is C26H26BBrF6O4. The second kappa shape index (κ2) is 12.2. The second-order valence-electron chi connectivity index (χ2n) is 8.79. The maximum atomic E-state index is 12.8. The smallest absolute Gasteiger partial charge is 0.484 e. The fourth-order valence-corrected chi connectivity index (χ4v) is 5.28. The van der Waals surface area contributed by atoms with Gasteiger partial charge in [-0.2, -0.15) is 26.3 Å². The van der Waals surface area contributed by atoms with E-state index in [1.165, 1.54) is 32.4 Å². The Kier molecular flexibility index (Phi) is 9.64. The van der Waals surface area contributed by atoms with E-state index in [2.05, 4.69) is 15.9 Å². The highest BCUT2D eigenvalue weighted by molar-refractivity contribution is 9.11. The number of alkyl halides is 6. The van der Waals surface area contributed by atoms with Crippen LogP contribution >= 0.6 is 15.9 Å². The third kappa shape index (κ3) is 6.95. The highest BCUT2D eigenvalue weighted by Gasteiger charge is 2.34. The third-order valence-corrected chi connectivity index (χ3v) is 7.30. The zero-order valence-corrected chi connectivity index (χ0v) is 22.2. The normalized spacial score (nSPS) is 16.0. The predicted molar refractivity (Wildman–Crippen MR) is 137 cm³/mol. The van der Waals surface area contributed by atoms with Crippen LogP contribution in [-0.4, -0.2) is 31.4 Å². The van der Waals surface area contributed by atoms with Gasteiger partial charge in [-0.3, -0.25) is 0 Å². The number of methoxy groups -OCH3 is 2. The molecule has 0 fully saturated rings. The minimum Gasteiger partial charge on any atom is -0.496 e. The van der Waals surface area contributed by atoms with Gasteiger partial charge in [-0.15, -0.1) is 0 Å². The molecule has 0 aliphatic heterocycles. The molecule has 0 saturated heterocycles. The molecule has 2 aliphatic rings. The number of ether oxygens (including phenoxy) is 2. The van der Waals surface area contributed by atoms with E-state index < -0.39 is 30.6 Å². The van der Waals surface area contributed by atoms with Crippen LogP contribution in [0, 0.1) is 0 Å². The molecule has 0 amide bonds. The molecule has 38 heavy (non-hydrogen) atoms. The minimum absolute atomic E-state index is 0.280. The Bertz CT molecular complexity index is 1220. The number of benzene rings is 2. The number of halogens is 7. The molecule has 0 aromatic heterocycles. The molecule has 2 aliphatic carbocycles. The van der Waals surface area contributed by atoms with Gasteiger partial charge in [-0.05, 0) is 96.0 Å². The molecule has 0 unspecified atom stereocenters. The van der Waals surface area contributed by atoms with E-state index >= 15 is 0 Å². The van der Waals surface area contributed by atoms with Gasteiger partial charge in [0.2, 0.25) is 0 Å². The fraction of sp³-hybridized carbons (Fsp3) is 0.385. The van der Waals surface area contributed by atoms with Crippen LogP contribution in [-0.2, 0) is 12.4 Å². The van der Waals surface area contributed by atoms with Crippen molar-refractivity contribution >= 4 is 34.2 Å². The van der Waals surface area contributed by atoms with E-state index in [1.54, 1.807) is 0 Å². The van der Waals surface area contributed by atoms with Gasteiger partial charge in [0, 0.05) is 11.1 Å². The summed E-state index contributed by atoms with van der Waals surface area (Å²) in [5.41, 5.74) is 1.21. The van der Waals surface area contributed by atoms with Crippen LogP contribution < -0.4 is 9.47 Å². The quantitative estimate of drug-likeness (QED) is 0.271. The first-order chi connectivity index (χ1) is 17.8. The molecule has 206 valence electrons. The van der Waals surface area contributed by atoms with Gasteiger partial charge in [0.05, 0.1) is 25.3 Å². The fourth-order valence-electron chi connectivity index (χ4n) is 4.59. The SMILES string of the molecule is COc1ccc(C(F)(F)F)cc1C1=C(B(O)O)CCC1.COc1ccc(C(F)(F)F)cc1C1=C(Br)CCC1. The van der Waals surface area contributed by atoms with Gasteiger partial charge in [0.25, 0.3) is 0 Å². The lowest BCUT2D eigenvalue weighted by molar-refractivity contribution is -0.138. The van der Waals surface area contributed by atoms with Crippen LogP contribution in [0.3, 0.4) is 0 Å². The highest BCUT2D eigenvalue weighted by atomic mass is 79.9. The molecule has 0 spiro atoms. The van der Waals surface area contributed by atoms with Gasteiger partial charge in [-0.25, -0.2) is 0 Å². The van der Waals surface area contributed by atoms with Crippen molar-refractivity contribution < 1.29 is 45.9 Å². The van der Waals surface area contributed by atoms with Crippen LogP contribution in [0.15, 0.2) is 46.4 Å². The van der Waals surface area contributed by atoms with Crippen molar-refractivity contribution in [2.45, 2.75) is 50.9 Å². The molecule has 12 heteroatoms. The summed E-state index contributed by atoms with van der Waals surface area (Å²) < 4.78 is 87.7. The molecule has 4 nitrogen and oxygen atoms in total. The molecule has 0 radical (unpaired) electrons. The van der Waals surface area contributed by atoms with Gasteiger partial charge in [0.1, 0.15) is 11.5 Å². The average molecular weight is 607 g/mol. The summed E-state index contributed by atoms with van der Waals surface area (Å²) in [4.78, 5) is 0. The number of hydrogen-bond donors (Lipinski definition) is 2. The van der Waals surface area contributed by atoms with Gasteiger partial charge < -0.3 is 19.5 Å². The average Bonchev–Trinajstić information content (AvgIpc) is 3.51. The van der Waals surface area contributed by atoms with E-state index in [9.17, 15) is 36.4 Å². The summed E-state index contributed by atoms with van der Waals surface area (Å²) in [6.07, 6.45) is -4.52. The first kappa shape index (κ1) is 30.1. The van der Waals surface area contributed by atoms with Crippen LogP contribution in [0.4, 0.5) is 26.3 Å². The van der Waals surface area contributed by atoms with E-state index in [0.29, 0.717) is 47.4 Å².